The fraction of sp³-hybridized carbons (Fsp3) is 0.381. The molecule has 146 valence electrons. The van der Waals surface area contributed by atoms with Crippen molar-refractivity contribution in [2.45, 2.75) is 26.8 Å². The van der Waals surface area contributed by atoms with Crippen molar-refractivity contribution in [1.82, 2.24) is 19.7 Å². The Bertz CT molecular complexity index is 1040. The minimum Gasteiger partial charge on any atom is -0.486 e. The van der Waals surface area contributed by atoms with Crippen molar-refractivity contribution in [1.29, 1.82) is 0 Å². The van der Waals surface area contributed by atoms with Crippen LogP contribution in [-0.4, -0.2) is 52.4 Å². The highest BCUT2D eigenvalue weighted by atomic mass is 16.6. The lowest BCUT2D eigenvalue weighted by molar-refractivity contribution is 0.0804. The van der Waals surface area contributed by atoms with Crippen LogP contribution in [0.15, 0.2) is 30.5 Å². The second-order valence-corrected chi connectivity index (χ2v) is 7.15. The smallest absolute Gasteiger partial charge is 0.254 e. The summed E-state index contributed by atoms with van der Waals surface area (Å²) in [4.78, 5) is 19.5. The molecule has 0 unspecified atom stereocenters. The predicted molar refractivity (Wildman–Crippen MR) is 107 cm³/mol. The van der Waals surface area contributed by atoms with Gasteiger partial charge in [0.05, 0.1) is 22.8 Å². The van der Waals surface area contributed by atoms with Gasteiger partial charge in [-0.2, -0.15) is 5.10 Å². The van der Waals surface area contributed by atoms with E-state index in [1.54, 1.807) is 18.1 Å². The monoisotopic (exact) mass is 380 g/mol. The Hall–Kier alpha value is -3.09. The van der Waals surface area contributed by atoms with Gasteiger partial charge in [0.15, 0.2) is 17.1 Å². The van der Waals surface area contributed by atoms with Gasteiger partial charge in [-0.3, -0.25) is 4.79 Å². The zero-order chi connectivity index (χ0) is 19.8. The van der Waals surface area contributed by atoms with Gasteiger partial charge in [-0.15, -0.1) is 0 Å². The largest absolute Gasteiger partial charge is 0.486 e. The number of hydrogen-bond acceptors (Lipinski definition) is 5. The fourth-order valence-corrected chi connectivity index (χ4v) is 3.27. The quantitative estimate of drug-likeness (QED) is 0.692. The lowest BCUT2D eigenvalue weighted by Gasteiger charge is -2.19. The molecular formula is C21H24N4O3. The molecule has 0 aliphatic carbocycles. The molecule has 0 spiro atoms. The van der Waals surface area contributed by atoms with Gasteiger partial charge < -0.3 is 14.4 Å². The van der Waals surface area contributed by atoms with E-state index in [9.17, 15) is 4.79 Å². The Morgan fingerprint density at radius 2 is 1.96 bits per heavy atom. The van der Waals surface area contributed by atoms with E-state index in [4.69, 9.17) is 14.5 Å². The van der Waals surface area contributed by atoms with E-state index in [0.717, 1.165) is 16.7 Å². The summed E-state index contributed by atoms with van der Waals surface area (Å²) in [6.07, 6.45) is 1.73. The summed E-state index contributed by atoms with van der Waals surface area (Å²) in [6.45, 7) is 7.74. The summed E-state index contributed by atoms with van der Waals surface area (Å²) in [5.41, 5.74) is 2.89. The van der Waals surface area contributed by atoms with Crippen LogP contribution in [-0.2, 0) is 0 Å². The molecule has 4 rings (SSSR count). The van der Waals surface area contributed by atoms with Crippen LogP contribution in [0.4, 0.5) is 0 Å². The topological polar surface area (TPSA) is 69.5 Å². The number of rotatable bonds is 4. The van der Waals surface area contributed by atoms with Gasteiger partial charge in [0.2, 0.25) is 0 Å². The third-order valence-electron chi connectivity index (χ3n) is 4.95. The third kappa shape index (κ3) is 3.06. The molecular weight excluding hydrogens is 356 g/mol. The van der Waals surface area contributed by atoms with E-state index in [1.165, 1.54) is 0 Å². The minimum atomic E-state index is -0.0444. The Kier molecular flexibility index (Phi) is 4.66. The first-order valence-corrected chi connectivity index (χ1v) is 9.53. The van der Waals surface area contributed by atoms with Crippen molar-refractivity contribution in [3.8, 4) is 22.8 Å². The number of ether oxygens (including phenoxy) is 2. The Balaban J connectivity index is 1.91. The molecule has 1 aromatic carbocycles. The van der Waals surface area contributed by atoms with E-state index in [2.05, 4.69) is 5.10 Å². The molecule has 1 aliphatic rings. The summed E-state index contributed by atoms with van der Waals surface area (Å²) in [5.74, 6) is 1.38. The van der Waals surface area contributed by atoms with Gasteiger partial charge in [0.25, 0.3) is 5.91 Å². The number of amides is 1. The normalized spacial score (nSPS) is 13.2. The Labute approximate surface area is 163 Å². The molecule has 1 amide bonds. The van der Waals surface area contributed by atoms with Gasteiger partial charge in [0, 0.05) is 25.2 Å². The standard InChI is InChI=1S/C21H24N4O3/c1-5-24(4)21(26)15-11-17(23-20-16(15)12-22-25(20)13(2)3)14-6-7-18-19(10-14)28-9-8-27-18/h6-7,10-13H,5,8-9H2,1-4H3. The highest BCUT2D eigenvalue weighted by Gasteiger charge is 2.21. The van der Waals surface area contributed by atoms with E-state index in [1.807, 2.05) is 49.7 Å². The third-order valence-corrected chi connectivity index (χ3v) is 4.95. The van der Waals surface area contributed by atoms with Crippen LogP contribution >= 0.6 is 0 Å². The van der Waals surface area contributed by atoms with Crippen LogP contribution in [0.25, 0.3) is 22.3 Å². The van der Waals surface area contributed by atoms with Gasteiger partial charge >= 0.3 is 0 Å². The highest BCUT2D eigenvalue weighted by molar-refractivity contribution is 6.06. The van der Waals surface area contributed by atoms with Crippen LogP contribution in [0.1, 0.15) is 37.2 Å². The summed E-state index contributed by atoms with van der Waals surface area (Å²) in [6, 6.07) is 7.71. The summed E-state index contributed by atoms with van der Waals surface area (Å²) in [5, 5.41) is 5.23. The molecule has 0 fully saturated rings. The summed E-state index contributed by atoms with van der Waals surface area (Å²) in [7, 11) is 1.80. The second kappa shape index (κ2) is 7.14. The number of aromatic nitrogens is 3. The molecule has 7 heteroatoms. The zero-order valence-electron chi connectivity index (χ0n) is 16.6. The van der Waals surface area contributed by atoms with Gasteiger partial charge in [-0.25, -0.2) is 9.67 Å². The maximum atomic E-state index is 13.0. The fourth-order valence-electron chi connectivity index (χ4n) is 3.27. The van der Waals surface area contributed by atoms with Crippen molar-refractivity contribution in [3.63, 3.8) is 0 Å². The molecule has 7 nitrogen and oxygen atoms in total. The SMILES string of the molecule is CCN(C)C(=O)c1cc(-c2ccc3c(c2)OCCO3)nc2c1cnn2C(C)C. The van der Waals surface area contributed by atoms with Crippen molar-refractivity contribution in [2.75, 3.05) is 26.8 Å². The van der Waals surface area contributed by atoms with Crippen molar-refractivity contribution >= 4 is 16.9 Å². The number of hydrogen-bond donors (Lipinski definition) is 0. The first-order valence-electron chi connectivity index (χ1n) is 9.53. The number of benzene rings is 1. The van der Waals surface area contributed by atoms with Crippen LogP contribution in [0.3, 0.4) is 0 Å². The van der Waals surface area contributed by atoms with Gasteiger partial charge in [-0.1, -0.05) is 0 Å². The maximum absolute atomic E-state index is 13.0. The average molecular weight is 380 g/mol. The molecule has 0 N–H and O–H groups in total. The van der Waals surface area contributed by atoms with Crippen molar-refractivity contribution in [2.24, 2.45) is 0 Å². The Morgan fingerprint density at radius 1 is 1.21 bits per heavy atom. The maximum Gasteiger partial charge on any atom is 0.254 e. The first-order chi connectivity index (χ1) is 13.5. The van der Waals surface area contributed by atoms with Gasteiger partial charge in [-0.05, 0) is 45.0 Å². The number of nitrogens with zero attached hydrogens (tertiary/aromatic N) is 4. The number of fused-ring (bicyclic) bond motifs is 2. The highest BCUT2D eigenvalue weighted by Crippen LogP contribution is 2.35. The van der Waals surface area contributed by atoms with Crippen LogP contribution in [0, 0.1) is 0 Å². The van der Waals surface area contributed by atoms with Crippen molar-refractivity contribution in [3.05, 3.63) is 36.0 Å². The van der Waals surface area contributed by atoms with E-state index in [0.29, 0.717) is 42.4 Å². The molecule has 3 aromatic rings. The second-order valence-electron chi connectivity index (χ2n) is 7.15. The molecule has 0 bridgehead atoms. The van der Waals surface area contributed by atoms with Gasteiger partial charge in [0.1, 0.15) is 13.2 Å². The molecule has 1 aliphatic heterocycles. The van der Waals surface area contributed by atoms with Crippen LogP contribution < -0.4 is 9.47 Å². The van der Waals surface area contributed by atoms with Crippen LogP contribution in [0.5, 0.6) is 11.5 Å². The zero-order valence-corrected chi connectivity index (χ0v) is 16.6. The Morgan fingerprint density at radius 3 is 2.68 bits per heavy atom. The predicted octanol–water partition coefficient (Wildman–Crippen LogP) is 3.54. The molecule has 0 saturated carbocycles. The molecule has 2 aromatic heterocycles. The summed E-state index contributed by atoms with van der Waals surface area (Å²) < 4.78 is 13.2. The molecule has 0 atom stereocenters. The first kappa shape index (κ1) is 18.3. The van der Waals surface area contributed by atoms with Crippen LogP contribution in [0.2, 0.25) is 0 Å². The summed E-state index contributed by atoms with van der Waals surface area (Å²) >= 11 is 0. The van der Waals surface area contributed by atoms with E-state index < -0.39 is 0 Å². The molecule has 0 radical (unpaired) electrons. The van der Waals surface area contributed by atoms with E-state index in [-0.39, 0.29) is 11.9 Å². The lowest BCUT2D eigenvalue weighted by atomic mass is 10.1. The molecule has 28 heavy (non-hydrogen) atoms. The number of carbonyl (C=O) groups excluding carboxylic acids is 1. The number of pyridine rings is 1. The molecule has 0 saturated heterocycles. The lowest BCUT2D eigenvalue weighted by Crippen LogP contribution is -2.26. The number of carbonyl (C=O) groups is 1. The van der Waals surface area contributed by atoms with E-state index >= 15 is 0 Å². The molecule has 3 heterocycles. The minimum absolute atomic E-state index is 0.0444. The average Bonchev–Trinajstić information content (AvgIpc) is 3.16. The van der Waals surface area contributed by atoms with Crippen molar-refractivity contribution < 1.29 is 14.3 Å².